The van der Waals surface area contributed by atoms with Gasteiger partial charge in [0.25, 0.3) is 0 Å². The fourth-order valence-corrected chi connectivity index (χ4v) is 1.80. The SMILES string of the molecule is CC(C)Oc1cc(N(CCO)CC(F)(F)F)c(N)cc1F. The highest BCUT2D eigenvalue weighted by Gasteiger charge is 2.31. The lowest BCUT2D eigenvalue weighted by Crippen LogP contribution is -2.36. The van der Waals surface area contributed by atoms with Crippen LogP contribution in [0.4, 0.5) is 28.9 Å². The predicted molar refractivity (Wildman–Crippen MR) is 71.9 cm³/mol. The molecule has 0 aliphatic heterocycles. The van der Waals surface area contributed by atoms with E-state index in [-0.39, 0.29) is 29.8 Å². The second-order valence-corrected chi connectivity index (χ2v) is 4.77. The molecule has 0 heterocycles. The Bertz CT molecular complexity index is 478. The second-order valence-electron chi connectivity index (χ2n) is 4.77. The zero-order valence-electron chi connectivity index (χ0n) is 11.7. The van der Waals surface area contributed by atoms with E-state index in [0.29, 0.717) is 0 Å². The lowest BCUT2D eigenvalue weighted by atomic mass is 10.2. The third-order valence-electron chi connectivity index (χ3n) is 2.52. The van der Waals surface area contributed by atoms with E-state index in [1.807, 2.05) is 0 Å². The van der Waals surface area contributed by atoms with Crippen LogP contribution in [0.1, 0.15) is 13.8 Å². The van der Waals surface area contributed by atoms with Crippen LogP contribution in [0.15, 0.2) is 12.1 Å². The van der Waals surface area contributed by atoms with E-state index in [9.17, 15) is 17.6 Å². The fraction of sp³-hybridized carbons (Fsp3) is 0.538. The van der Waals surface area contributed by atoms with Gasteiger partial charge in [-0.15, -0.1) is 0 Å². The van der Waals surface area contributed by atoms with Crippen molar-refractivity contribution in [3.63, 3.8) is 0 Å². The first-order valence-electron chi connectivity index (χ1n) is 6.32. The molecule has 0 radical (unpaired) electrons. The molecule has 0 amide bonds. The van der Waals surface area contributed by atoms with E-state index < -0.39 is 25.1 Å². The molecule has 0 saturated carbocycles. The summed E-state index contributed by atoms with van der Waals surface area (Å²) in [5, 5.41) is 8.90. The predicted octanol–water partition coefficient (Wildman–Crippen LogP) is 2.56. The minimum Gasteiger partial charge on any atom is -0.488 e. The van der Waals surface area contributed by atoms with Gasteiger partial charge < -0.3 is 20.5 Å². The number of benzene rings is 1. The van der Waals surface area contributed by atoms with Crippen molar-refractivity contribution in [1.29, 1.82) is 0 Å². The molecule has 8 heteroatoms. The molecule has 4 nitrogen and oxygen atoms in total. The van der Waals surface area contributed by atoms with E-state index in [4.69, 9.17) is 15.6 Å². The summed E-state index contributed by atoms with van der Waals surface area (Å²) in [4.78, 5) is 0.835. The molecule has 0 spiro atoms. The lowest BCUT2D eigenvalue weighted by Gasteiger charge is -2.27. The van der Waals surface area contributed by atoms with Crippen molar-refractivity contribution in [2.75, 3.05) is 30.3 Å². The summed E-state index contributed by atoms with van der Waals surface area (Å²) in [6.07, 6.45) is -4.82. The van der Waals surface area contributed by atoms with E-state index in [2.05, 4.69) is 0 Å². The Labute approximate surface area is 120 Å². The monoisotopic (exact) mass is 310 g/mol. The molecule has 21 heavy (non-hydrogen) atoms. The number of alkyl halides is 3. The van der Waals surface area contributed by atoms with Crippen molar-refractivity contribution in [2.24, 2.45) is 0 Å². The molecule has 0 atom stereocenters. The third kappa shape index (κ3) is 5.30. The van der Waals surface area contributed by atoms with Crippen molar-refractivity contribution in [1.82, 2.24) is 0 Å². The van der Waals surface area contributed by atoms with Crippen molar-refractivity contribution in [3.8, 4) is 5.75 Å². The molecular formula is C13H18F4N2O2. The van der Waals surface area contributed by atoms with E-state index in [1.54, 1.807) is 13.8 Å². The normalized spacial score (nSPS) is 11.8. The minimum absolute atomic E-state index is 0.0292. The van der Waals surface area contributed by atoms with Gasteiger partial charge in [-0.05, 0) is 13.8 Å². The molecule has 0 aromatic heterocycles. The van der Waals surface area contributed by atoms with Gasteiger partial charge in [-0.2, -0.15) is 13.2 Å². The molecule has 0 unspecified atom stereocenters. The van der Waals surface area contributed by atoms with Gasteiger partial charge >= 0.3 is 6.18 Å². The molecule has 1 aromatic carbocycles. The summed E-state index contributed by atoms with van der Waals surface area (Å²) in [6.45, 7) is 1.25. The largest absolute Gasteiger partial charge is 0.488 e. The Hall–Kier alpha value is -1.70. The molecule has 120 valence electrons. The van der Waals surface area contributed by atoms with Crippen LogP contribution in [0, 0.1) is 5.82 Å². The Morgan fingerprint density at radius 1 is 1.33 bits per heavy atom. The topological polar surface area (TPSA) is 58.7 Å². The van der Waals surface area contributed by atoms with Crippen molar-refractivity contribution >= 4 is 11.4 Å². The molecule has 0 saturated heterocycles. The minimum atomic E-state index is -4.48. The highest BCUT2D eigenvalue weighted by molar-refractivity contribution is 5.70. The highest BCUT2D eigenvalue weighted by atomic mass is 19.4. The second kappa shape index (κ2) is 6.84. The van der Waals surface area contributed by atoms with Crippen LogP contribution in [0.25, 0.3) is 0 Å². The smallest absolute Gasteiger partial charge is 0.405 e. The molecule has 3 N–H and O–H groups in total. The summed E-state index contributed by atoms with van der Waals surface area (Å²) in [5.74, 6) is -0.930. The van der Waals surface area contributed by atoms with Crippen molar-refractivity contribution < 1.29 is 27.4 Å². The summed E-state index contributed by atoms with van der Waals surface area (Å²) >= 11 is 0. The van der Waals surface area contributed by atoms with Crippen LogP contribution < -0.4 is 15.4 Å². The maximum absolute atomic E-state index is 13.7. The Morgan fingerprint density at radius 3 is 2.43 bits per heavy atom. The number of aliphatic hydroxyl groups is 1. The Morgan fingerprint density at radius 2 is 1.95 bits per heavy atom. The van der Waals surface area contributed by atoms with Crippen LogP contribution in [-0.2, 0) is 0 Å². The number of rotatable bonds is 6. The summed E-state index contributed by atoms with van der Waals surface area (Å²) in [5.41, 5.74) is 5.40. The highest BCUT2D eigenvalue weighted by Crippen LogP contribution is 2.33. The van der Waals surface area contributed by atoms with Crippen molar-refractivity contribution in [2.45, 2.75) is 26.1 Å². The lowest BCUT2D eigenvalue weighted by molar-refractivity contribution is -0.119. The molecule has 1 aromatic rings. The van der Waals surface area contributed by atoms with Gasteiger partial charge in [0.15, 0.2) is 11.6 Å². The number of hydrogen-bond acceptors (Lipinski definition) is 4. The third-order valence-corrected chi connectivity index (χ3v) is 2.52. The van der Waals surface area contributed by atoms with Gasteiger partial charge in [0.05, 0.1) is 24.1 Å². The molecular weight excluding hydrogens is 292 g/mol. The number of anilines is 2. The first-order valence-corrected chi connectivity index (χ1v) is 6.32. The maximum Gasteiger partial charge on any atom is 0.405 e. The molecule has 0 aliphatic carbocycles. The van der Waals surface area contributed by atoms with E-state index >= 15 is 0 Å². The zero-order chi connectivity index (χ0) is 16.2. The van der Waals surface area contributed by atoms with E-state index in [1.165, 1.54) is 0 Å². The zero-order valence-corrected chi connectivity index (χ0v) is 11.7. The molecule has 1 rings (SSSR count). The first kappa shape index (κ1) is 17.4. The average Bonchev–Trinajstić information content (AvgIpc) is 2.30. The Kier molecular flexibility index (Phi) is 5.65. The van der Waals surface area contributed by atoms with Gasteiger partial charge in [-0.3, -0.25) is 0 Å². The van der Waals surface area contributed by atoms with E-state index in [0.717, 1.165) is 17.0 Å². The summed E-state index contributed by atoms with van der Waals surface area (Å²) in [7, 11) is 0. The number of aliphatic hydroxyl groups excluding tert-OH is 1. The number of nitrogens with zero attached hydrogens (tertiary/aromatic N) is 1. The fourth-order valence-electron chi connectivity index (χ4n) is 1.80. The van der Waals surface area contributed by atoms with Crippen LogP contribution in [0.2, 0.25) is 0 Å². The van der Waals surface area contributed by atoms with Gasteiger partial charge in [-0.25, -0.2) is 4.39 Å². The van der Waals surface area contributed by atoms with Crippen LogP contribution in [-0.4, -0.2) is 37.1 Å². The quantitative estimate of drug-likeness (QED) is 0.626. The van der Waals surface area contributed by atoms with Crippen LogP contribution in [0.3, 0.4) is 0 Å². The summed E-state index contributed by atoms with van der Waals surface area (Å²) in [6, 6.07) is 2.03. The standard InChI is InChI=1S/C13H18F4N2O2/c1-8(2)21-12-6-11(10(18)5-9(12)14)19(3-4-20)7-13(15,16)17/h5-6,8,20H,3-4,7,18H2,1-2H3. The maximum atomic E-state index is 13.7. The van der Waals surface area contributed by atoms with Gasteiger partial charge in [0.1, 0.15) is 6.54 Å². The molecule has 0 bridgehead atoms. The molecule has 0 aliphatic rings. The number of nitrogen functional groups attached to an aromatic ring is 1. The average molecular weight is 310 g/mol. The van der Waals surface area contributed by atoms with Crippen molar-refractivity contribution in [3.05, 3.63) is 17.9 Å². The first-order chi connectivity index (χ1) is 9.64. The number of nitrogens with two attached hydrogens (primary N) is 1. The van der Waals surface area contributed by atoms with Crippen LogP contribution >= 0.6 is 0 Å². The van der Waals surface area contributed by atoms with Gasteiger partial charge in [0, 0.05) is 18.7 Å². The Balaban J connectivity index is 3.17. The number of halogens is 4. The number of hydrogen-bond donors (Lipinski definition) is 2. The van der Waals surface area contributed by atoms with Gasteiger partial charge in [0.2, 0.25) is 0 Å². The van der Waals surface area contributed by atoms with Crippen LogP contribution in [0.5, 0.6) is 5.75 Å². The summed E-state index contributed by atoms with van der Waals surface area (Å²) < 4.78 is 56.6. The molecule has 0 fully saturated rings. The van der Waals surface area contributed by atoms with Gasteiger partial charge in [-0.1, -0.05) is 0 Å². The number of ether oxygens (including phenoxy) is 1.